The van der Waals surface area contributed by atoms with E-state index in [0.717, 1.165) is 0 Å². The van der Waals surface area contributed by atoms with E-state index in [1.165, 1.54) is 21.5 Å². The molecule has 2 radical (unpaired) electrons. The Morgan fingerprint density at radius 2 is 0.833 bits per heavy atom. The molecule has 0 aromatic heterocycles. The molecule has 30 heavy (non-hydrogen) atoms. The standard InChI is InChI=1S/2C12H15Si.2ClH.2V/c2*1-13(2,3)12-8-10-6-4-5-7-11(10)9-12;;;;/h2*4-9H,1-3H3;2*1H;;/q2*-1;;;2*+2/p-2. The monoisotopic (exact) mass is 546 g/mol. The molecule has 0 unspecified atom stereocenters. The zero-order chi connectivity index (χ0) is 18.9. The van der Waals surface area contributed by atoms with Gasteiger partial charge < -0.3 is 24.8 Å². The molecule has 0 fully saturated rings. The molecule has 0 N–H and O–H groups in total. The van der Waals surface area contributed by atoms with Crippen LogP contribution in [0.4, 0.5) is 0 Å². The molecule has 0 atom stereocenters. The van der Waals surface area contributed by atoms with Crippen LogP contribution in [0.2, 0.25) is 39.3 Å². The first kappa shape index (κ1) is 32.0. The molecule has 4 aromatic carbocycles. The van der Waals surface area contributed by atoms with E-state index >= 15 is 0 Å². The van der Waals surface area contributed by atoms with Gasteiger partial charge >= 0.3 is 37.1 Å². The van der Waals surface area contributed by atoms with Gasteiger partial charge in [-0.2, -0.15) is 22.9 Å². The maximum atomic E-state index is 2.39. The zero-order valence-electron chi connectivity index (χ0n) is 18.6. The van der Waals surface area contributed by atoms with Crippen LogP contribution >= 0.6 is 0 Å². The maximum Gasteiger partial charge on any atom is 2.00 e. The van der Waals surface area contributed by atoms with E-state index in [1.54, 1.807) is 10.4 Å². The van der Waals surface area contributed by atoms with Gasteiger partial charge in [-0.1, -0.05) is 51.4 Å². The quantitative estimate of drug-likeness (QED) is 0.249. The topological polar surface area (TPSA) is 0 Å². The minimum atomic E-state index is -1.12. The zero-order valence-corrected chi connectivity index (χ0v) is 24.9. The third-order valence-corrected chi connectivity index (χ3v) is 9.01. The molecule has 6 heteroatoms. The van der Waals surface area contributed by atoms with Crippen LogP contribution in [0.15, 0.2) is 72.8 Å². The summed E-state index contributed by atoms with van der Waals surface area (Å²) in [7, 11) is -2.23. The fourth-order valence-corrected chi connectivity index (χ4v) is 5.52. The van der Waals surface area contributed by atoms with Crippen molar-refractivity contribution >= 4 is 48.1 Å². The molecule has 4 aromatic rings. The molecule has 0 aliphatic rings. The Hall–Kier alpha value is -0.157. The molecule has 0 nitrogen and oxygen atoms in total. The predicted octanol–water partition coefficient (Wildman–Crippen LogP) is 0.211. The van der Waals surface area contributed by atoms with Crippen molar-refractivity contribution in [3.05, 3.63) is 72.8 Å². The Labute approximate surface area is 220 Å². The van der Waals surface area contributed by atoms with E-state index in [4.69, 9.17) is 0 Å². The Bertz CT molecular complexity index is 875. The molecule has 0 saturated heterocycles. The molecule has 4 rings (SSSR count). The van der Waals surface area contributed by atoms with Crippen molar-refractivity contribution in [1.82, 2.24) is 0 Å². The second-order valence-electron chi connectivity index (χ2n) is 9.25. The first-order valence-corrected chi connectivity index (χ1v) is 16.5. The first-order valence-electron chi connectivity index (χ1n) is 9.46. The van der Waals surface area contributed by atoms with Gasteiger partial charge in [0.25, 0.3) is 0 Å². The molecule has 0 saturated carbocycles. The predicted molar refractivity (Wildman–Crippen MR) is 125 cm³/mol. The van der Waals surface area contributed by atoms with Crippen LogP contribution in [0, 0.1) is 0 Å². The summed E-state index contributed by atoms with van der Waals surface area (Å²) >= 11 is 0. The number of halogens is 2. The Morgan fingerprint density at radius 1 is 0.533 bits per heavy atom. The van der Waals surface area contributed by atoms with Crippen LogP contribution in [0.3, 0.4) is 0 Å². The molecule has 0 heterocycles. The normalized spacial score (nSPS) is 10.6. The van der Waals surface area contributed by atoms with Crippen LogP contribution in [-0.2, 0) is 37.1 Å². The van der Waals surface area contributed by atoms with E-state index in [9.17, 15) is 0 Å². The van der Waals surface area contributed by atoms with Gasteiger partial charge in [-0.3, -0.25) is 0 Å². The summed E-state index contributed by atoms with van der Waals surface area (Å²) in [4.78, 5) is 0. The Balaban J connectivity index is 0. The van der Waals surface area contributed by atoms with Crippen LogP contribution in [-0.4, -0.2) is 16.1 Å². The third kappa shape index (κ3) is 8.08. The third-order valence-electron chi connectivity index (χ3n) is 4.97. The first-order chi connectivity index (χ1) is 12.1. The van der Waals surface area contributed by atoms with Gasteiger partial charge in [-0.15, -0.1) is 69.7 Å². The van der Waals surface area contributed by atoms with Crippen molar-refractivity contribution in [2.45, 2.75) is 39.3 Å². The molecule has 0 spiro atoms. The van der Waals surface area contributed by atoms with Crippen molar-refractivity contribution in [2.24, 2.45) is 0 Å². The van der Waals surface area contributed by atoms with Gasteiger partial charge in [0.2, 0.25) is 0 Å². The minimum absolute atomic E-state index is 0. The molecule has 158 valence electrons. The smallest absolute Gasteiger partial charge is 1.00 e. The summed E-state index contributed by atoms with van der Waals surface area (Å²) in [5, 5.41) is 8.68. The van der Waals surface area contributed by atoms with Crippen molar-refractivity contribution in [1.29, 1.82) is 0 Å². The molecule has 0 aliphatic carbocycles. The van der Waals surface area contributed by atoms with Gasteiger partial charge in [0.05, 0.1) is 16.1 Å². The summed E-state index contributed by atoms with van der Waals surface area (Å²) in [5.41, 5.74) is 0. The fourth-order valence-electron chi connectivity index (χ4n) is 3.17. The minimum Gasteiger partial charge on any atom is -1.00 e. The Morgan fingerprint density at radius 3 is 1.10 bits per heavy atom. The molecular weight excluding hydrogens is 517 g/mol. The van der Waals surface area contributed by atoms with Crippen LogP contribution in [0.5, 0.6) is 0 Å². The van der Waals surface area contributed by atoms with Gasteiger partial charge in [0, 0.05) is 0 Å². The van der Waals surface area contributed by atoms with Crippen molar-refractivity contribution in [2.75, 3.05) is 0 Å². The van der Waals surface area contributed by atoms with E-state index in [0.29, 0.717) is 0 Å². The van der Waals surface area contributed by atoms with Gasteiger partial charge in [-0.05, 0) is 0 Å². The second-order valence-corrected chi connectivity index (χ2v) is 19.4. The largest absolute Gasteiger partial charge is 2.00 e. The molecule has 0 amide bonds. The van der Waals surface area contributed by atoms with Crippen LogP contribution in [0.1, 0.15) is 0 Å². The van der Waals surface area contributed by atoms with Crippen molar-refractivity contribution in [3.63, 3.8) is 0 Å². The van der Waals surface area contributed by atoms with Crippen molar-refractivity contribution < 1.29 is 61.9 Å². The summed E-state index contributed by atoms with van der Waals surface area (Å²) in [6.07, 6.45) is 0. The second kappa shape index (κ2) is 12.8. The van der Waals surface area contributed by atoms with Crippen molar-refractivity contribution in [3.8, 4) is 0 Å². The maximum absolute atomic E-state index is 2.39. The summed E-state index contributed by atoms with van der Waals surface area (Å²) in [5.74, 6) is 0. The average Bonchev–Trinajstić information content (AvgIpc) is 3.19. The summed E-state index contributed by atoms with van der Waals surface area (Å²) in [6, 6.07) is 26.6. The van der Waals surface area contributed by atoms with Crippen LogP contribution in [0.25, 0.3) is 21.5 Å². The van der Waals surface area contributed by atoms with E-state index in [2.05, 4.69) is 112 Å². The fraction of sp³-hybridized carbons (Fsp3) is 0.250. The summed E-state index contributed by atoms with van der Waals surface area (Å²) in [6.45, 7) is 14.3. The number of fused-ring (bicyclic) bond motifs is 2. The van der Waals surface area contributed by atoms with E-state index in [1.807, 2.05) is 0 Å². The molecule has 0 bridgehead atoms. The average molecular weight is 547 g/mol. The molecule has 0 aliphatic heterocycles. The molecular formula is C24H30Cl2Si2V2. The number of rotatable bonds is 2. The summed E-state index contributed by atoms with van der Waals surface area (Å²) < 4.78 is 0. The van der Waals surface area contributed by atoms with Gasteiger partial charge in [0.15, 0.2) is 0 Å². The number of hydrogen-bond donors (Lipinski definition) is 0. The SMILES string of the molecule is C[Si](C)(C)c1cc2ccccc2[cH-]1.C[Si](C)(C)c1cc2ccccc2[cH-]1.[Cl-].[Cl-].[V+2].[V+2]. The number of benzene rings is 2. The van der Waals surface area contributed by atoms with Crippen LogP contribution < -0.4 is 35.2 Å². The van der Waals surface area contributed by atoms with E-state index < -0.39 is 16.1 Å². The van der Waals surface area contributed by atoms with E-state index in [-0.39, 0.29) is 61.9 Å². The Kier molecular flexibility index (Phi) is 13.6. The van der Waals surface area contributed by atoms with Gasteiger partial charge in [-0.25, -0.2) is 0 Å². The number of hydrogen-bond acceptors (Lipinski definition) is 0. The van der Waals surface area contributed by atoms with Gasteiger partial charge in [0.1, 0.15) is 0 Å².